The van der Waals surface area contributed by atoms with Crippen LogP contribution < -0.4 is 5.32 Å². The molecule has 0 aliphatic heterocycles. The van der Waals surface area contributed by atoms with Gasteiger partial charge in [0, 0.05) is 23.7 Å². The molecule has 98 valence electrons. The number of nitro benzene ring substituents is 1. The standard InChI is InChI=1S/C12H12N4O3/c1-7-2-5-9(16(17)18)6-10(7)11-14-12(19-15-11)13-8-3-4-8/h2,5-6,8H,3-4H2,1H3,(H,13,14,15). The molecule has 1 fully saturated rings. The van der Waals surface area contributed by atoms with Gasteiger partial charge < -0.3 is 9.84 Å². The second-order valence-corrected chi connectivity index (χ2v) is 4.60. The van der Waals surface area contributed by atoms with Gasteiger partial charge in [-0.3, -0.25) is 10.1 Å². The molecule has 0 saturated heterocycles. The summed E-state index contributed by atoms with van der Waals surface area (Å²) < 4.78 is 5.08. The molecule has 19 heavy (non-hydrogen) atoms. The van der Waals surface area contributed by atoms with Crippen LogP contribution in [0.3, 0.4) is 0 Å². The third-order valence-electron chi connectivity index (χ3n) is 3.00. The Bertz CT molecular complexity index is 634. The van der Waals surface area contributed by atoms with Crippen molar-refractivity contribution in [2.24, 2.45) is 0 Å². The number of nitrogens with one attached hydrogen (secondary N) is 1. The summed E-state index contributed by atoms with van der Waals surface area (Å²) in [4.78, 5) is 14.6. The molecular weight excluding hydrogens is 248 g/mol. The van der Waals surface area contributed by atoms with Gasteiger partial charge in [0.1, 0.15) is 0 Å². The predicted molar refractivity (Wildman–Crippen MR) is 67.8 cm³/mol. The van der Waals surface area contributed by atoms with Crippen LogP contribution in [0.25, 0.3) is 11.4 Å². The van der Waals surface area contributed by atoms with E-state index in [1.807, 2.05) is 6.92 Å². The van der Waals surface area contributed by atoms with E-state index in [4.69, 9.17) is 4.52 Å². The fourth-order valence-electron chi connectivity index (χ4n) is 1.76. The van der Waals surface area contributed by atoms with Crippen molar-refractivity contribution in [3.63, 3.8) is 0 Å². The van der Waals surface area contributed by atoms with Gasteiger partial charge in [-0.2, -0.15) is 4.98 Å². The summed E-state index contributed by atoms with van der Waals surface area (Å²) in [7, 11) is 0. The van der Waals surface area contributed by atoms with Gasteiger partial charge in [-0.15, -0.1) is 0 Å². The first-order chi connectivity index (χ1) is 9.13. The summed E-state index contributed by atoms with van der Waals surface area (Å²) in [5.74, 6) is 0.365. The second kappa shape index (κ2) is 4.34. The lowest BCUT2D eigenvalue weighted by Crippen LogP contribution is -2.00. The first kappa shape index (κ1) is 11.6. The fraction of sp³-hybridized carbons (Fsp3) is 0.333. The smallest absolute Gasteiger partial charge is 0.322 e. The fourth-order valence-corrected chi connectivity index (χ4v) is 1.76. The highest BCUT2D eigenvalue weighted by Gasteiger charge is 2.24. The summed E-state index contributed by atoms with van der Waals surface area (Å²) in [6.07, 6.45) is 2.21. The van der Waals surface area contributed by atoms with Gasteiger partial charge in [-0.25, -0.2) is 0 Å². The van der Waals surface area contributed by atoms with Crippen molar-refractivity contribution in [2.45, 2.75) is 25.8 Å². The van der Waals surface area contributed by atoms with Crippen molar-refractivity contribution < 1.29 is 9.45 Å². The summed E-state index contributed by atoms with van der Waals surface area (Å²) >= 11 is 0. The number of anilines is 1. The molecule has 0 unspecified atom stereocenters. The van der Waals surface area contributed by atoms with Gasteiger partial charge >= 0.3 is 6.01 Å². The van der Waals surface area contributed by atoms with Crippen molar-refractivity contribution in [3.05, 3.63) is 33.9 Å². The summed E-state index contributed by atoms with van der Waals surface area (Å²) in [6, 6.07) is 5.38. The van der Waals surface area contributed by atoms with Crippen LogP contribution in [-0.4, -0.2) is 21.1 Å². The average Bonchev–Trinajstić information content (AvgIpc) is 3.06. The number of nitro groups is 1. The van der Waals surface area contributed by atoms with E-state index >= 15 is 0 Å². The van der Waals surface area contributed by atoms with E-state index in [0.29, 0.717) is 23.4 Å². The Hall–Kier alpha value is -2.44. The molecule has 0 bridgehead atoms. The number of nitrogens with zero attached hydrogens (tertiary/aromatic N) is 3. The molecule has 7 heteroatoms. The summed E-state index contributed by atoms with van der Waals surface area (Å²) in [6.45, 7) is 1.85. The van der Waals surface area contributed by atoms with E-state index in [0.717, 1.165) is 18.4 Å². The molecule has 0 spiro atoms. The van der Waals surface area contributed by atoms with Crippen molar-refractivity contribution in [1.82, 2.24) is 10.1 Å². The zero-order valence-corrected chi connectivity index (χ0v) is 10.3. The molecule has 1 aliphatic carbocycles. The van der Waals surface area contributed by atoms with Crippen LogP contribution >= 0.6 is 0 Å². The minimum Gasteiger partial charge on any atom is -0.335 e. The van der Waals surface area contributed by atoms with E-state index < -0.39 is 4.92 Å². The number of aromatic nitrogens is 2. The quantitative estimate of drug-likeness (QED) is 0.670. The normalized spacial score (nSPS) is 14.4. The lowest BCUT2D eigenvalue weighted by Gasteiger charge is -2.00. The highest BCUT2D eigenvalue weighted by molar-refractivity contribution is 5.64. The number of hydrogen-bond acceptors (Lipinski definition) is 6. The van der Waals surface area contributed by atoms with Gasteiger partial charge in [0.25, 0.3) is 5.69 Å². The molecule has 7 nitrogen and oxygen atoms in total. The first-order valence-electron chi connectivity index (χ1n) is 5.99. The molecule has 2 aromatic rings. The van der Waals surface area contributed by atoms with E-state index in [2.05, 4.69) is 15.5 Å². The monoisotopic (exact) mass is 260 g/mol. The van der Waals surface area contributed by atoms with Crippen molar-refractivity contribution in [2.75, 3.05) is 5.32 Å². The average molecular weight is 260 g/mol. The Morgan fingerprint density at radius 3 is 2.95 bits per heavy atom. The third kappa shape index (κ3) is 2.40. The highest BCUT2D eigenvalue weighted by Crippen LogP contribution is 2.28. The van der Waals surface area contributed by atoms with Crippen LogP contribution in [0.1, 0.15) is 18.4 Å². The zero-order chi connectivity index (χ0) is 13.4. The van der Waals surface area contributed by atoms with E-state index in [9.17, 15) is 10.1 Å². The molecule has 0 amide bonds. The number of non-ortho nitro benzene ring substituents is 1. The topological polar surface area (TPSA) is 94.1 Å². The lowest BCUT2D eigenvalue weighted by molar-refractivity contribution is -0.384. The molecule has 3 rings (SSSR count). The Kier molecular flexibility index (Phi) is 2.66. The van der Waals surface area contributed by atoms with E-state index in [1.165, 1.54) is 12.1 Å². The van der Waals surface area contributed by atoms with Gasteiger partial charge in [0.05, 0.1) is 4.92 Å². The zero-order valence-electron chi connectivity index (χ0n) is 10.3. The van der Waals surface area contributed by atoms with Gasteiger partial charge in [-0.05, 0) is 25.3 Å². The number of hydrogen-bond donors (Lipinski definition) is 1. The highest BCUT2D eigenvalue weighted by atomic mass is 16.6. The maximum Gasteiger partial charge on any atom is 0.322 e. The summed E-state index contributed by atoms with van der Waals surface area (Å²) in [5.41, 5.74) is 1.49. The van der Waals surface area contributed by atoms with Gasteiger partial charge in [-0.1, -0.05) is 11.2 Å². The Labute approximate surface area is 108 Å². The molecule has 0 atom stereocenters. The van der Waals surface area contributed by atoms with Crippen LogP contribution in [-0.2, 0) is 0 Å². The Morgan fingerprint density at radius 1 is 1.47 bits per heavy atom. The molecule has 1 heterocycles. The SMILES string of the molecule is Cc1ccc([N+](=O)[O-])cc1-c1noc(NC2CC2)n1. The molecule has 1 aliphatic rings. The van der Waals surface area contributed by atoms with Crippen LogP contribution in [0, 0.1) is 17.0 Å². The molecule has 0 radical (unpaired) electrons. The number of aryl methyl sites for hydroxylation is 1. The van der Waals surface area contributed by atoms with Gasteiger partial charge in [0.15, 0.2) is 0 Å². The maximum absolute atomic E-state index is 10.8. The minimum absolute atomic E-state index is 0.0158. The predicted octanol–water partition coefficient (Wildman–Crippen LogP) is 2.53. The largest absolute Gasteiger partial charge is 0.335 e. The van der Waals surface area contributed by atoms with Crippen molar-refractivity contribution in [3.8, 4) is 11.4 Å². The van der Waals surface area contributed by atoms with E-state index in [1.54, 1.807) is 6.07 Å². The van der Waals surface area contributed by atoms with E-state index in [-0.39, 0.29) is 5.69 Å². The molecule has 1 saturated carbocycles. The molecular formula is C12H12N4O3. The second-order valence-electron chi connectivity index (χ2n) is 4.60. The minimum atomic E-state index is -0.438. The van der Waals surface area contributed by atoms with Crippen LogP contribution in [0.4, 0.5) is 11.7 Å². The molecule has 1 aromatic carbocycles. The molecule has 1 aromatic heterocycles. The van der Waals surface area contributed by atoms with Crippen LogP contribution in [0.5, 0.6) is 0 Å². The summed E-state index contributed by atoms with van der Waals surface area (Å²) in [5, 5.41) is 17.7. The van der Waals surface area contributed by atoms with Gasteiger partial charge in [0.2, 0.25) is 5.82 Å². The van der Waals surface area contributed by atoms with Crippen molar-refractivity contribution in [1.29, 1.82) is 0 Å². The first-order valence-corrected chi connectivity index (χ1v) is 5.99. The Morgan fingerprint density at radius 2 is 2.26 bits per heavy atom. The molecule has 1 N–H and O–H groups in total. The van der Waals surface area contributed by atoms with Crippen LogP contribution in [0.2, 0.25) is 0 Å². The van der Waals surface area contributed by atoms with Crippen LogP contribution in [0.15, 0.2) is 22.7 Å². The maximum atomic E-state index is 10.8. The Balaban J connectivity index is 1.93. The number of benzene rings is 1. The third-order valence-corrected chi connectivity index (χ3v) is 3.00. The lowest BCUT2D eigenvalue weighted by atomic mass is 10.1. The number of rotatable bonds is 4. The van der Waals surface area contributed by atoms with Crippen molar-refractivity contribution >= 4 is 11.7 Å².